The molecule has 10 heteroatoms. The van der Waals surface area contributed by atoms with Gasteiger partial charge in [-0.1, -0.05) is 18.9 Å². The fourth-order valence-electron chi connectivity index (χ4n) is 3.30. The smallest absolute Gasteiger partial charge is 0.251 e. The van der Waals surface area contributed by atoms with E-state index in [9.17, 15) is 13.2 Å². The Morgan fingerprint density at radius 2 is 1.96 bits per heavy atom. The fourth-order valence-corrected chi connectivity index (χ4v) is 5.15. The van der Waals surface area contributed by atoms with Gasteiger partial charge in [-0.05, 0) is 50.2 Å². The van der Waals surface area contributed by atoms with Crippen molar-refractivity contribution in [2.45, 2.75) is 50.6 Å². The molecule has 0 radical (unpaired) electrons. The predicted molar refractivity (Wildman–Crippen MR) is 108 cm³/mol. The van der Waals surface area contributed by atoms with Crippen LogP contribution in [0.2, 0.25) is 0 Å². The molecule has 1 aliphatic heterocycles. The summed E-state index contributed by atoms with van der Waals surface area (Å²) in [5, 5.41) is 9.58. The van der Waals surface area contributed by atoms with E-state index >= 15 is 0 Å². The Hall–Kier alpha value is -2.04. The van der Waals surface area contributed by atoms with Crippen molar-refractivity contribution in [3.63, 3.8) is 0 Å². The second-order valence-electron chi connectivity index (χ2n) is 6.72. The molecule has 1 aromatic heterocycles. The zero-order chi connectivity index (χ0) is 20.1. The van der Waals surface area contributed by atoms with Crippen LogP contribution in [-0.2, 0) is 23.1 Å². The minimum atomic E-state index is -3.60. The summed E-state index contributed by atoms with van der Waals surface area (Å²) in [7, 11) is -3.60. The fraction of sp³-hybridized carbons (Fsp3) is 0.500. The quantitative estimate of drug-likeness (QED) is 0.695. The molecular formula is C18H25N5O3S2. The number of amides is 1. The van der Waals surface area contributed by atoms with Crippen LogP contribution in [0.25, 0.3) is 0 Å². The zero-order valence-electron chi connectivity index (χ0n) is 15.8. The van der Waals surface area contributed by atoms with Crippen molar-refractivity contribution in [3.05, 3.63) is 40.4 Å². The molecule has 0 spiro atoms. The Labute approximate surface area is 170 Å². The van der Waals surface area contributed by atoms with Crippen LogP contribution in [0.3, 0.4) is 0 Å². The summed E-state index contributed by atoms with van der Waals surface area (Å²) in [6.07, 6.45) is 3.83. The summed E-state index contributed by atoms with van der Waals surface area (Å²) < 4.78 is 29.7. The first-order valence-electron chi connectivity index (χ1n) is 9.46. The first-order valence-corrected chi connectivity index (χ1v) is 11.3. The van der Waals surface area contributed by atoms with E-state index in [1.807, 2.05) is 6.92 Å². The summed E-state index contributed by atoms with van der Waals surface area (Å²) in [5.41, 5.74) is 0.299. The molecule has 0 aliphatic carbocycles. The number of nitrogens with zero attached hydrogens (tertiary/aromatic N) is 3. The van der Waals surface area contributed by atoms with Crippen molar-refractivity contribution in [3.8, 4) is 0 Å². The van der Waals surface area contributed by atoms with Crippen LogP contribution in [0.15, 0.2) is 29.2 Å². The van der Waals surface area contributed by atoms with Crippen LogP contribution in [0.4, 0.5) is 0 Å². The molecule has 1 fully saturated rings. The summed E-state index contributed by atoms with van der Waals surface area (Å²) >= 11 is 5.14. The number of aromatic nitrogens is 3. The van der Waals surface area contributed by atoms with Crippen molar-refractivity contribution in [1.29, 1.82) is 0 Å². The highest BCUT2D eigenvalue weighted by atomic mass is 32.2. The van der Waals surface area contributed by atoms with Gasteiger partial charge < -0.3 is 9.88 Å². The third-order valence-corrected chi connectivity index (χ3v) is 7.07. The normalized spacial score (nSPS) is 15.9. The van der Waals surface area contributed by atoms with Gasteiger partial charge in [0, 0.05) is 25.2 Å². The van der Waals surface area contributed by atoms with Crippen LogP contribution >= 0.6 is 12.2 Å². The van der Waals surface area contributed by atoms with Gasteiger partial charge in [0.15, 0.2) is 10.6 Å². The lowest BCUT2D eigenvalue weighted by molar-refractivity contribution is 0.0949. The van der Waals surface area contributed by atoms with E-state index in [0.29, 0.717) is 35.8 Å². The molecule has 1 saturated heterocycles. The topological polar surface area (TPSA) is 100 Å². The molecule has 1 amide bonds. The average molecular weight is 424 g/mol. The maximum Gasteiger partial charge on any atom is 0.251 e. The molecule has 2 N–H and O–H groups in total. The second-order valence-corrected chi connectivity index (χ2v) is 9.04. The third kappa shape index (κ3) is 4.50. The first-order chi connectivity index (χ1) is 13.4. The predicted octanol–water partition coefficient (Wildman–Crippen LogP) is 2.46. The number of hydrogen-bond donors (Lipinski definition) is 2. The molecule has 152 valence electrons. The summed E-state index contributed by atoms with van der Waals surface area (Å²) in [5.74, 6) is 0.263. The Kier molecular flexibility index (Phi) is 6.63. The van der Waals surface area contributed by atoms with Crippen LogP contribution in [0.5, 0.6) is 0 Å². The lowest BCUT2D eigenvalue weighted by atomic mass is 10.2. The maximum atomic E-state index is 12.9. The van der Waals surface area contributed by atoms with E-state index in [1.165, 1.54) is 10.4 Å². The van der Waals surface area contributed by atoms with Gasteiger partial charge in [-0.15, -0.1) is 0 Å². The van der Waals surface area contributed by atoms with E-state index in [-0.39, 0.29) is 17.3 Å². The number of nitrogens with one attached hydrogen (secondary N) is 2. The molecule has 0 bridgehead atoms. The number of hydrogen-bond acceptors (Lipinski definition) is 5. The minimum absolute atomic E-state index is 0.151. The van der Waals surface area contributed by atoms with Gasteiger partial charge in [0.05, 0.1) is 11.4 Å². The van der Waals surface area contributed by atoms with Crippen LogP contribution < -0.4 is 5.32 Å². The van der Waals surface area contributed by atoms with Crippen molar-refractivity contribution in [1.82, 2.24) is 24.4 Å². The van der Waals surface area contributed by atoms with Gasteiger partial charge >= 0.3 is 0 Å². The average Bonchev–Trinajstić information content (AvgIpc) is 2.88. The Balaban J connectivity index is 1.74. The minimum Gasteiger partial charge on any atom is -0.345 e. The van der Waals surface area contributed by atoms with Gasteiger partial charge in [0.2, 0.25) is 10.0 Å². The zero-order valence-corrected chi connectivity index (χ0v) is 17.5. The van der Waals surface area contributed by atoms with Gasteiger partial charge in [-0.25, -0.2) is 8.42 Å². The van der Waals surface area contributed by atoms with E-state index in [0.717, 1.165) is 25.7 Å². The van der Waals surface area contributed by atoms with Gasteiger partial charge in [0.1, 0.15) is 0 Å². The Morgan fingerprint density at radius 1 is 1.25 bits per heavy atom. The van der Waals surface area contributed by atoms with E-state index < -0.39 is 10.0 Å². The number of carbonyl (C=O) groups is 1. The molecule has 0 saturated carbocycles. The lowest BCUT2D eigenvalue weighted by Gasteiger charge is -2.20. The molecule has 28 heavy (non-hydrogen) atoms. The molecule has 2 heterocycles. The van der Waals surface area contributed by atoms with Gasteiger partial charge in [0.25, 0.3) is 5.91 Å². The summed E-state index contributed by atoms with van der Waals surface area (Å²) in [4.78, 5) is 12.7. The molecule has 3 rings (SSSR count). The largest absolute Gasteiger partial charge is 0.345 e. The highest BCUT2D eigenvalue weighted by Crippen LogP contribution is 2.21. The molecule has 0 atom stereocenters. The number of benzene rings is 1. The van der Waals surface area contributed by atoms with Crippen molar-refractivity contribution >= 4 is 28.1 Å². The summed E-state index contributed by atoms with van der Waals surface area (Å²) in [6, 6.07) is 6.18. The second kappa shape index (κ2) is 8.97. The molecule has 1 aromatic carbocycles. The van der Waals surface area contributed by atoms with Crippen LogP contribution in [0.1, 0.15) is 48.8 Å². The van der Waals surface area contributed by atoms with E-state index in [4.69, 9.17) is 12.2 Å². The highest BCUT2D eigenvalue weighted by Gasteiger charge is 2.25. The Morgan fingerprint density at radius 3 is 2.64 bits per heavy atom. The van der Waals surface area contributed by atoms with Gasteiger partial charge in [-0.3, -0.25) is 9.89 Å². The van der Waals surface area contributed by atoms with Crippen LogP contribution in [0, 0.1) is 4.77 Å². The lowest BCUT2D eigenvalue weighted by Crippen LogP contribution is -2.32. The first kappa shape index (κ1) is 20.7. The van der Waals surface area contributed by atoms with Crippen LogP contribution in [-0.4, -0.2) is 46.5 Å². The third-order valence-electron chi connectivity index (χ3n) is 4.86. The van der Waals surface area contributed by atoms with Crippen molar-refractivity contribution in [2.24, 2.45) is 0 Å². The van der Waals surface area contributed by atoms with Gasteiger partial charge in [-0.2, -0.15) is 9.40 Å². The number of carbonyl (C=O) groups excluding carboxylic acids is 1. The molecule has 8 nitrogen and oxygen atoms in total. The monoisotopic (exact) mass is 423 g/mol. The SMILES string of the molecule is CCn1c(CNC(=O)c2cccc(S(=O)(=O)N3CCCCCC3)c2)n[nH]c1=S. The molecule has 0 unspecified atom stereocenters. The molecule has 2 aromatic rings. The van der Waals surface area contributed by atoms with E-state index in [1.54, 1.807) is 22.8 Å². The maximum absolute atomic E-state index is 12.9. The summed E-state index contributed by atoms with van der Waals surface area (Å²) in [6.45, 7) is 3.83. The number of aromatic amines is 1. The number of H-pyrrole nitrogens is 1. The molecular weight excluding hydrogens is 398 g/mol. The number of rotatable bonds is 6. The Bertz CT molecular complexity index is 989. The van der Waals surface area contributed by atoms with E-state index in [2.05, 4.69) is 15.5 Å². The standard InChI is InChI=1S/C18H25N5O3S2/c1-2-23-16(20-21-18(23)27)13-19-17(24)14-8-7-9-15(12-14)28(25,26)22-10-5-3-4-6-11-22/h7-9,12H,2-6,10-11,13H2,1H3,(H,19,24)(H,21,27). The van der Waals surface area contributed by atoms with Crippen molar-refractivity contribution in [2.75, 3.05) is 13.1 Å². The van der Waals surface area contributed by atoms with Crippen molar-refractivity contribution < 1.29 is 13.2 Å². The number of sulfonamides is 1. The highest BCUT2D eigenvalue weighted by molar-refractivity contribution is 7.89. The molecule has 1 aliphatic rings.